The molecule has 0 radical (unpaired) electrons. The van der Waals surface area contributed by atoms with Gasteiger partial charge >= 0.3 is 12.0 Å². The van der Waals surface area contributed by atoms with Crippen molar-refractivity contribution in [1.82, 2.24) is 10.6 Å². The predicted molar refractivity (Wildman–Crippen MR) is 71.5 cm³/mol. The van der Waals surface area contributed by atoms with E-state index in [4.69, 9.17) is 4.74 Å². The van der Waals surface area contributed by atoms with Gasteiger partial charge in [0.05, 0.1) is 6.54 Å². The summed E-state index contributed by atoms with van der Waals surface area (Å²) in [5.74, 6) is 1.91. The fraction of sp³-hybridized carbons (Fsp3) is 0.714. The third kappa shape index (κ3) is 3.98. The second-order valence-electron chi connectivity index (χ2n) is 5.44. The molecule has 0 heterocycles. The first-order valence-electron chi connectivity index (χ1n) is 7.00. The quantitative estimate of drug-likeness (QED) is 0.434. The lowest BCUT2D eigenvalue weighted by Crippen LogP contribution is -2.40. The van der Waals surface area contributed by atoms with Gasteiger partial charge < -0.3 is 15.4 Å². The van der Waals surface area contributed by atoms with Crippen LogP contribution in [0.4, 0.5) is 4.79 Å². The molecule has 5 heteroatoms. The Balaban J connectivity index is 1.53. The first-order valence-corrected chi connectivity index (χ1v) is 7.00. The zero-order chi connectivity index (χ0) is 13.7. The third-order valence-electron chi connectivity index (χ3n) is 4.21. The molecular weight excluding hydrogens is 244 g/mol. The van der Waals surface area contributed by atoms with Gasteiger partial charge in [-0.25, -0.2) is 9.59 Å². The summed E-state index contributed by atoms with van der Waals surface area (Å²) in [7, 11) is 0. The Morgan fingerprint density at radius 2 is 2.11 bits per heavy atom. The highest BCUT2D eigenvalue weighted by Crippen LogP contribution is 2.47. The molecule has 2 aliphatic rings. The number of hydrogen-bond acceptors (Lipinski definition) is 3. The first kappa shape index (κ1) is 13.9. The Kier molecular flexibility index (Phi) is 4.82. The van der Waals surface area contributed by atoms with Gasteiger partial charge in [-0.15, -0.1) is 0 Å². The second kappa shape index (κ2) is 6.59. The Labute approximate surface area is 113 Å². The number of urea groups is 1. The van der Waals surface area contributed by atoms with Crippen molar-refractivity contribution in [3.63, 3.8) is 0 Å². The Morgan fingerprint density at radius 3 is 2.74 bits per heavy atom. The molecule has 2 N–H and O–H groups in total. The van der Waals surface area contributed by atoms with Crippen LogP contribution in [-0.4, -0.2) is 31.7 Å². The van der Waals surface area contributed by atoms with E-state index in [0.29, 0.717) is 12.5 Å². The van der Waals surface area contributed by atoms with Crippen molar-refractivity contribution >= 4 is 12.0 Å². The van der Waals surface area contributed by atoms with E-state index >= 15 is 0 Å². The minimum Gasteiger partial charge on any atom is -0.461 e. The van der Waals surface area contributed by atoms with Gasteiger partial charge in [0, 0.05) is 12.6 Å². The molecule has 19 heavy (non-hydrogen) atoms. The van der Waals surface area contributed by atoms with E-state index in [2.05, 4.69) is 17.2 Å². The molecule has 3 unspecified atom stereocenters. The molecule has 3 atom stereocenters. The number of ether oxygens (including phenoxy) is 1. The van der Waals surface area contributed by atoms with Crippen LogP contribution in [0.15, 0.2) is 12.7 Å². The van der Waals surface area contributed by atoms with Crippen molar-refractivity contribution in [2.75, 3.05) is 19.7 Å². The van der Waals surface area contributed by atoms with Gasteiger partial charge in [-0.05, 0) is 37.0 Å². The SMILES string of the molecule is C=CC(=O)OCCNC(=O)NCC1CC2CCC1C2. The molecule has 2 rings (SSSR count). The highest BCUT2D eigenvalue weighted by atomic mass is 16.5. The molecule has 0 spiro atoms. The van der Waals surface area contributed by atoms with Crippen molar-refractivity contribution in [2.45, 2.75) is 25.7 Å². The average Bonchev–Trinajstić information content (AvgIpc) is 3.03. The lowest BCUT2D eigenvalue weighted by Gasteiger charge is -2.21. The zero-order valence-electron chi connectivity index (χ0n) is 11.2. The van der Waals surface area contributed by atoms with E-state index in [1.165, 1.54) is 25.7 Å². The number of carbonyl (C=O) groups is 2. The summed E-state index contributed by atoms with van der Waals surface area (Å²) < 4.78 is 4.76. The third-order valence-corrected chi connectivity index (χ3v) is 4.21. The molecule has 2 amide bonds. The number of carbonyl (C=O) groups excluding carboxylic acids is 2. The lowest BCUT2D eigenvalue weighted by atomic mass is 9.89. The topological polar surface area (TPSA) is 67.4 Å². The number of hydrogen-bond donors (Lipinski definition) is 2. The molecule has 0 saturated heterocycles. The van der Waals surface area contributed by atoms with E-state index in [-0.39, 0.29) is 12.6 Å². The van der Waals surface area contributed by atoms with Crippen LogP contribution >= 0.6 is 0 Å². The Morgan fingerprint density at radius 1 is 1.26 bits per heavy atom. The van der Waals surface area contributed by atoms with Crippen LogP contribution in [0.3, 0.4) is 0 Å². The number of fused-ring (bicyclic) bond motifs is 2. The lowest BCUT2D eigenvalue weighted by molar-refractivity contribution is -0.137. The van der Waals surface area contributed by atoms with Crippen molar-refractivity contribution in [3.8, 4) is 0 Å². The van der Waals surface area contributed by atoms with Crippen LogP contribution < -0.4 is 10.6 Å². The molecule has 106 valence electrons. The Hall–Kier alpha value is -1.52. The summed E-state index contributed by atoms with van der Waals surface area (Å²) in [6.45, 7) is 4.55. The summed E-state index contributed by atoms with van der Waals surface area (Å²) in [5, 5.41) is 5.57. The maximum atomic E-state index is 11.5. The standard InChI is InChI=1S/C14H22N2O3/c1-2-13(17)19-6-5-15-14(18)16-9-12-8-10-3-4-11(12)7-10/h2,10-12H,1,3-9H2,(H2,15,16,18). The molecule has 2 fully saturated rings. The highest BCUT2D eigenvalue weighted by molar-refractivity contribution is 5.81. The predicted octanol–water partition coefficient (Wildman–Crippen LogP) is 1.45. The minimum atomic E-state index is -0.468. The molecule has 0 aliphatic heterocycles. The molecule has 5 nitrogen and oxygen atoms in total. The number of esters is 1. The summed E-state index contributed by atoms with van der Waals surface area (Å²) in [6, 6.07) is -0.183. The largest absolute Gasteiger partial charge is 0.461 e. The van der Waals surface area contributed by atoms with Crippen LogP contribution in [0.25, 0.3) is 0 Å². The van der Waals surface area contributed by atoms with E-state index in [9.17, 15) is 9.59 Å². The van der Waals surface area contributed by atoms with Crippen LogP contribution in [0, 0.1) is 17.8 Å². The Bertz CT molecular complexity index is 357. The fourth-order valence-electron chi connectivity index (χ4n) is 3.29. The highest BCUT2D eigenvalue weighted by Gasteiger charge is 2.39. The molecule has 2 aliphatic carbocycles. The van der Waals surface area contributed by atoms with Crippen LogP contribution in [0.2, 0.25) is 0 Å². The minimum absolute atomic E-state index is 0.173. The van der Waals surface area contributed by atoms with Gasteiger partial charge in [0.15, 0.2) is 0 Å². The fourth-order valence-corrected chi connectivity index (χ4v) is 3.29. The van der Waals surface area contributed by atoms with Crippen LogP contribution in [0.5, 0.6) is 0 Å². The monoisotopic (exact) mass is 266 g/mol. The molecule has 2 saturated carbocycles. The molecule has 0 aromatic rings. The van der Waals surface area contributed by atoms with Crippen molar-refractivity contribution in [1.29, 1.82) is 0 Å². The molecule has 0 aromatic carbocycles. The second-order valence-corrected chi connectivity index (χ2v) is 5.44. The molecular formula is C14H22N2O3. The maximum absolute atomic E-state index is 11.5. The van der Waals surface area contributed by atoms with E-state index in [1.54, 1.807) is 0 Å². The van der Waals surface area contributed by atoms with Gasteiger partial charge in [-0.1, -0.05) is 13.0 Å². The first-order chi connectivity index (χ1) is 9.19. The van der Waals surface area contributed by atoms with E-state index in [1.807, 2.05) is 0 Å². The summed E-state index contributed by atoms with van der Waals surface area (Å²) in [4.78, 5) is 22.3. The van der Waals surface area contributed by atoms with Gasteiger partial charge in [0.1, 0.15) is 6.61 Å². The maximum Gasteiger partial charge on any atom is 0.330 e. The molecule has 2 bridgehead atoms. The van der Waals surface area contributed by atoms with Crippen LogP contribution in [-0.2, 0) is 9.53 Å². The number of rotatable bonds is 6. The van der Waals surface area contributed by atoms with Crippen molar-refractivity contribution in [2.24, 2.45) is 17.8 Å². The molecule has 0 aromatic heterocycles. The zero-order valence-corrected chi connectivity index (χ0v) is 11.2. The number of amides is 2. The van der Waals surface area contributed by atoms with Crippen molar-refractivity contribution < 1.29 is 14.3 Å². The van der Waals surface area contributed by atoms with Gasteiger partial charge in [-0.2, -0.15) is 0 Å². The number of nitrogens with one attached hydrogen (secondary N) is 2. The average molecular weight is 266 g/mol. The summed E-state index contributed by atoms with van der Waals surface area (Å²) in [5.41, 5.74) is 0. The van der Waals surface area contributed by atoms with E-state index < -0.39 is 5.97 Å². The smallest absolute Gasteiger partial charge is 0.330 e. The summed E-state index contributed by atoms with van der Waals surface area (Å²) >= 11 is 0. The summed E-state index contributed by atoms with van der Waals surface area (Å²) in [6.07, 6.45) is 6.43. The van der Waals surface area contributed by atoms with Crippen molar-refractivity contribution in [3.05, 3.63) is 12.7 Å². The normalized spacial score (nSPS) is 27.9. The van der Waals surface area contributed by atoms with E-state index in [0.717, 1.165) is 24.5 Å². The van der Waals surface area contributed by atoms with Crippen LogP contribution in [0.1, 0.15) is 25.7 Å². The van der Waals surface area contributed by atoms with Gasteiger partial charge in [0.25, 0.3) is 0 Å². The van der Waals surface area contributed by atoms with Gasteiger partial charge in [-0.3, -0.25) is 0 Å². The van der Waals surface area contributed by atoms with Gasteiger partial charge in [0.2, 0.25) is 0 Å².